The van der Waals surface area contributed by atoms with Crippen molar-refractivity contribution < 1.29 is 23.6 Å². The van der Waals surface area contributed by atoms with Gasteiger partial charge in [0.05, 0.1) is 43.1 Å². The van der Waals surface area contributed by atoms with Gasteiger partial charge in [0, 0.05) is 12.1 Å². The van der Waals surface area contributed by atoms with Crippen LogP contribution in [0, 0.1) is 15.9 Å². The van der Waals surface area contributed by atoms with E-state index in [1.54, 1.807) is 18.2 Å². The average molecular weight is 477 g/mol. The summed E-state index contributed by atoms with van der Waals surface area (Å²) < 4.78 is 24.3. The molecule has 0 spiro atoms. The molecule has 0 aliphatic rings. The van der Waals surface area contributed by atoms with Crippen LogP contribution in [-0.4, -0.2) is 35.0 Å². The van der Waals surface area contributed by atoms with Gasteiger partial charge in [0.25, 0.3) is 0 Å². The quantitative estimate of drug-likeness (QED) is 0.309. The minimum atomic E-state index is -1.05. The summed E-state index contributed by atoms with van der Waals surface area (Å²) in [5.41, 5.74) is 5.71. The smallest absolute Gasteiger partial charge is 0.307 e. The summed E-state index contributed by atoms with van der Waals surface area (Å²) in [5, 5.41) is 17.0. The van der Waals surface area contributed by atoms with E-state index >= 15 is 0 Å². The number of rotatable bonds is 9. The molecule has 1 aromatic heterocycles. The van der Waals surface area contributed by atoms with E-state index in [2.05, 4.69) is 20.6 Å². The first-order chi connectivity index (χ1) is 15.7. The van der Waals surface area contributed by atoms with Crippen LogP contribution in [0.15, 0.2) is 36.5 Å². The van der Waals surface area contributed by atoms with Crippen LogP contribution in [0.3, 0.4) is 0 Å². The summed E-state index contributed by atoms with van der Waals surface area (Å²) in [7, 11) is 2.74. The Morgan fingerprint density at radius 1 is 1.18 bits per heavy atom. The fourth-order valence-electron chi connectivity index (χ4n) is 2.86. The van der Waals surface area contributed by atoms with E-state index in [1.807, 2.05) is 0 Å². The zero-order chi connectivity index (χ0) is 24.1. The maximum absolute atomic E-state index is 13.9. The first kappa shape index (κ1) is 23.5. The highest BCUT2D eigenvalue weighted by molar-refractivity contribution is 6.32. The van der Waals surface area contributed by atoms with Crippen molar-refractivity contribution in [2.24, 2.45) is 5.73 Å². The number of hydrogen-bond donors (Lipinski definition) is 3. The third kappa shape index (κ3) is 5.54. The van der Waals surface area contributed by atoms with E-state index in [1.165, 1.54) is 20.4 Å². The van der Waals surface area contributed by atoms with Crippen LogP contribution in [0.1, 0.15) is 5.56 Å². The van der Waals surface area contributed by atoms with Crippen LogP contribution in [0.5, 0.6) is 11.5 Å². The fourth-order valence-corrected chi connectivity index (χ4v) is 3.00. The van der Waals surface area contributed by atoms with Crippen LogP contribution >= 0.6 is 11.6 Å². The third-order valence-electron chi connectivity index (χ3n) is 4.35. The predicted octanol–water partition coefficient (Wildman–Crippen LogP) is 3.71. The molecule has 2 aromatic carbocycles. The lowest BCUT2D eigenvalue weighted by Crippen LogP contribution is -2.13. The standard InChI is InChI=1S/C20H18ClFN6O5/c1-32-16-5-10(6-18(23)29)3-4-13(16)25-19-11(21)9-24-20(27-19)26-14-8-15(28(30)31)12(22)7-17(14)33-2/h3-5,7-9H,6H2,1-2H3,(H2,23,29)(H2,24,25,26,27). The molecule has 13 heteroatoms. The number of ether oxygens (including phenoxy) is 2. The van der Waals surface area contributed by atoms with Gasteiger partial charge in [-0.2, -0.15) is 9.37 Å². The molecule has 0 radical (unpaired) electrons. The first-order valence-corrected chi connectivity index (χ1v) is 9.63. The lowest BCUT2D eigenvalue weighted by molar-refractivity contribution is -0.387. The number of carbonyl (C=O) groups excluding carboxylic acids is 1. The number of carbonyl (C=O) groups is 1. The highest BCUT2D eigenvalue weighted by Crippen LogP contribution is 2.35. The molecule has 172 valence electrons. The molecule has 0 aliphatic carbocycles. The van der Waals surface area contributed by atoms with Crippen LogP contribution in [0.25, 0.3) is 0 Å². The number of primary amides is 1. The number of anilines is 4. The SMILES string of the molecule is COc1cc(F)c([N+](=O)[O-])cc1Nc1ncc(Cl)c(Nc2ccc(CC(N)=O)cc2OC)n1. The Hall–Kier alpha value is -4.19. The molecular formula is C20H18ClFN6O5. The summed E-state index contributed by atoms with van der Waals surface area (Å²) in [6, 6.07) is 6.85. The molecule has 33 heavy (non-hydrogen) atoms. The van der Waals surface area contributed by atoms with Gasteiger partial charge in [-0.25, -0.2) is 4.98 Å². The zero-order valence-corrected chi connectivity index (χ0v) is 18.1. The molecule has 4 N–H and O–H groups in total. The molecule has 1 heterocycles. The molecule has 3 aromatic rings. The summed E-state index contributed by atoms with van der Waals surface area (Å²) in [5.74, 6) is -0.916. The molecular weight excluding hydrogens is 459 g/mol. The molecule has 0 unspecified atom stereocenters. The Kier molecular flexibility index (Phi) is 7.08. The van der Waals surface area contributed by atoms with Crippen molar-refractivity contribution >= 4 is 46.3 Å². The third-order valence-corrected chi connectivity index (χ3v) is 4.63. The number of hydrogen-bond acceptors (Lipinski definition) is 9. The second-order valence-electron chi connectivity index (χ2n) is 6.58. The van der Waals surface area contributed by atoms with Crippen LogP contribution in [-0.2, 0) is 11.2 Å². The number of nitrogens with one attached hydrogen (secondary N) is 2. The molecule has 0 fully saturated rings. The Morgan fingerprint density at radius 3 is 2.52 bits per heavy atom. The van der Waals surface area contributed by atoms with Crippen molar-refractivity contribution in [1.29, 1.82) is 0 Å². The number of benzene rings is 2. The van der Waals surface area contributed by atoms with E-state index in [0.29, 0.717) is 17.0 Å². The predicted molar refractivity (Wildman–Crippen MR) is 119 cm³/mol. The van der Waals surface area contributed by atoms with Gasteiger partial charge in [-0.15, -0.1) is 0 Å². The number of nitro benzene ring substituents is 1. The van der Waals surface area contributed by atoms with Crippen LogP contribution in [0.2, 0.25) is 5.02 Å². The minimum absolute atomic E-state index is 0.00502. The van der Waals surface area contributed by atoms with Gasteiger partial charge in [0.1, 0.15) is 16.5 Å². The Balaban J connectivity index is 1.92. The second-order valence-corrected chi connectivity index (χ2v) is 6.99. The molecule has 0 atom stereocenters. The van der Waals surface area contributed by atoms with Crippen molar-refractivity contribution in [2.45, 2.75) is 6.42 Å². The number of amides is 1. The Labute approximate surface area is 191 Å². The number of methoxy groups -OCH3 is 2. The topological polar surface area (TPSA) is 155 Å². The van der Waals surface area contributed by atoms with E-state index in [-0.39, 0.29) is 34.6 Å². The normalized spacial score (nSPS) is 10.4. The average Bonchev–Trinajstić information content (AvgIpc) is 2.77. The van der Waals surface area contributed by atoms with Gasteiger partial charge in [0.2, 0.25) is 17.7 Å². The van der Waals surface area contributed by atoms with E-state index in [0.717, 1.165) is 12.1 Å². The van der Waals surface area contributed by atoms with E-state index in [9.17, 15) is 19.3 Å². The van der Waals surface area contributed by atoms with Crippen LogP contribution in [0.4, 0.5) is 33.2 Å². The van der Waals surface area contributed by atoms with Crippen molar-refractivity contribution in [3.63, 3.8) is 0 Å². The number of halogens is 2. The van der Waals surface area contributed by atoms with E-state index in [4.69, 9.17) is 26.8 Å². The van der Waals surface area contributed by atoms with Crippen molar-refractivity contribution in [3.05, 3.63) is 63.0 Å². The van der Waals surface area contributed by atoms with Gasteiger partial charge in [-0.05, 0) is 17.7 Å². The molecule has 0 bridgehead atoms. The molecule has 0 saturated carbocycles. The lowest BCUT2D eigenvalue weighted by atomic mass is 10.1. The summed E-state index contributed by atoms with van der Waals surface area (Å²) in [6.45, 7) is 0. The van der Waals surface area contributed by atoms with Crippen molar-refractivity contribution in [1.82, 2.24) is 9.97 Å². The molecule has 0 aliphatic heterocycles. The number of nitrogens with two attached hydrogens (primary N) is 1. The monoisotopic (exact) mass is 476 g/mol. The molecule has 11 nitrogen and oxygen atoms in total. The highest BCUT2D eigenvalue weighted by atomic mass is 35.5. The molecule has 3 rings (SSSR count). The van der Waals surface area contributed by atoms with Crippen LogP contribution < -0.4 is 25.8 Å². The number of aromatic nitrogens is 2. The van der Waals surface area contributed by atoms with Gasteiger partial charge in [-0.1, -0.05) is 17.7 Å². The number of nitro groups is 1. The van der Waals surface area contributed by atoms with Crippen molar-refractivity contribution in [2.75, 3.05) is 24.9 Å². The maximum Gasteiger partial charge on any atom is 0.307 e. The summed E-state index contributed by atoms with van der Waals surface area (Å²) >= 11 is 6.21. The maximum atomic E-state index is 13.9. The number of nitrogens with zero attached hydrogens (tertiary/aromatic N) is 3. The zero-order valence-electron chi connectivity index (χ0n) is 17.4. The van der Waals surface area contributed by atoms with Crippen molar-refractivity contribution in [3.8, 4) is 11.5 Å². The second kappa shape index (κ2) is 9.96. The van der Waals surface area contributed by atoms with Gasteiger partial charge < -0.3 is 25.8 Å². The Bertz CT molecular complexity index is 1230. The molecule has 1 amide bonds. The van der Waals surface area contributed by atoms with Gasteiger partial charge >= 0.3 is 5.69 Å². The summed E-state index contributed by atoms with van der Waals surface area (Å²) in [6.07, 6.45) is 1.35. The minimum Gasteiger partial charge on any atom is -0.495 e. The van der Waals surface area contributed by atoms with Gasteiger partial charge in [0.15, 0.2) is 5.82 Å². The largest absolute Gasteiger partial charge is 0.495 e. The van der Waals surface area contributed by atoms with Gasteiger partial charge in [-0.3, -0.25) is 14.9 Å². The Morgan fingerprint density at radius 2 is 1.88 bits per heavy atom. The lowest BCUT2D eigenvalue weighted by Gasteiger charge is -2.14. The first-order valence-electron chi connectivity index (χ1n) is 9.25. The summed E-state index contributed by atoms with van der Waals surface area (Å²) in [4.78, 5) is 29.7. The fraction of sp³-hybridized carbons (Fsp3) is 0.150. The molecule has 0 saturated heterocycles. The van der Waals surface area contributed by atoms with E-state index < -0.39 is 22.3 Å². The highest BCUT2D eigenvalue weighted by Gasteiger charge is 2.20.